The molecule has 0 N–H and O–H groups in total. The zero-order valence-corrected chi connectivity index (χ0v) is 8.24. The van der Waals surface area contributed by atoms with E-state index in [0.29, 0.717) is 5.57 Å². The van der Waals surface area contributed by atoms with Crippen LogP contribution in [0.3, 0.4) is 0 Å². The molecule has 0 aromatic heterocycles. The van der Waals surface area contributed by atoms with E-state index in [4.69, 9.17) is 0 Å². The van der Waals surface area contributed by atoms with Crippen LogP contribution in [-0.4, -0.2) is 5.94 Å². The van der Waals surface area contributed by atoms with E-state index in [-0.39, 0.29) is 0 Å². The summed E-state index contributed by atoms with van der Waals surface area (Å²) in [6.45, 7) is 7.89. The van der Waals surface area contributed by atoms with Crippen LogP contribution in [0, 0.1) is 0 Å². The Morgan fingerprint density at radius 3 is 1.45 bits per heavy atom. The molecule has 0 unspecified atom stereocenters. The molecule has 0 radical (unpaired) electrons. The Hall–Kier alpha value is -0.550. The molecule has 0 bridgehead atoms. The van der Waals surface area contributed by atoms with Crippen LogP contribution < -0.4 is 0 Å². The average molecular weight is 156 g/mol. The molecular weight excluding hydrogens is 136 g/mol. The van der Waals surface area contributed by atoms with E-state index in [0.717, 1.165) is 0 Å². The highest BCUT2D eigenvalue weighted by molar-refractivity contribution is 5.49. The van der Waals surface area contributed by atoms with Crippen molar-refractivity contribution in [3.05, 3.63) is 5.57 Å². The van der Waals surface area contributed by atoms with Gasteiger partial charge in [0.25, 0.3) is 0 Å². The van der Waals surface area contributed by atoms with Crippen molar-refractivity contribution >= 4 is 5.94 Å². The number of hydrogen-bond donors (Lipinski definition) is 0. The van der Waals surface area contributed by atoms with E-state index in [1.165, 1.54) is 25.7 Å². The van der Waals surface area contributed by atoms with E-state index >= 15 is 0 Å². The molecule has 0 amide bonds. The lowest BCUT2D eigenvalue weighted by Gasteiger charge is -1.86. The summed E-state index contributed by atoms with van der Waals surface area (Å²) in [6, 6.07) is 0. The van der Waals surface area contributed by atoms with Gasteiger partial charge in [-0.2, -0.15) is 0 Å². The minimum absolute atomic E-state index is 0.699. The van der Waals surface area contributed by atoms with Gasteiger partial charge in [-0.15, -0.1) is 0 Å². The number of rotatable bonds is 3. The van der Waals surface area contributed by atoms with Gasteiger partial charge in [0.1, 0.15) is 5.94 Å². The third-order valence-electron chi connectivity index (χ3n) is 1.16. The summed E-state index contributed by atoms with van der Waals surface area (Å²) in [4.78, 5) is 9.34. The van der Waals surface area contributed by atoms with Gasteiger partial charge < -0.3 is 0 Å². The zero-order chi connectivity index (χ0) is 9.11. The maximum absolute atomic E-state index is 9.34. The van der Waals surface area contributed by atoms with Gasteiger partial charge in [-0.05, 0) is 13.8 Å². The van der Waals surface area contributed by atoms with Crippen LogP contribution in [-0.2, 0) is 4.79 Å². The van der Waals surface area contributed by atoms with Gasteiger partial charge in [0.15, 0.2) is 0 Å². The van der Waals surface area contributed by atoms with Gasteiger partial charge in [-0.1, -0.05) is 39.5 Å². The van der Waals surface area contributed by atoms with Crippen LogP contribution >= 0.6 is 0 Å². The normalized spacial score (nSPS) is 7.64. The highest BCUT2D eigenvalue weighted by atomic mass is 16.1. The van der Waals surface area contributed by atoms with Crippen molar-refractivity contribution in [1.82, 2.24) is 0 Å². The summed E-state index contributed by atoms with van der Waals surface area (Å²) in [5, 5.41) is 0. The second kappa shape index (κ2) is 12.2. The minimum Gasteiger partial charge on any atom is -0.234 e. The number of unbranched alkanes of at least 4 members (excludes halogenated alkanes) is 3. The van der Waals surface area contributed by atoms with Crippen LogP contribution in [0.5, 0.6) is 0 Å². The van der Waals surface area contributed by atoms with Crippen molar-refractivity contribution < 1.29 is 4.79 Å². The van der Waals surface area contributed by atoms with E-state index in [2.05, 4.69) is 13.8 Å². The molecule has 0 heterocycles. The number of carbonyl (C=O) groups excluding carboxylic acids is 1. The summed E-state index contributed by atoms with van der Waals surface area (Å²) in [7, 11) is 0. The fraction of sp³-hybridized carbons (Fsp3) is 0.800. The third-order valence-corrected chi connectivity index (χ3v) is 1.16. The van der Waals surface area contributed by atoms with Crippen LogP contribution in [0.1, 0.15) is 53.4 Å². The number of allylic oxidation sites excluding steroid dienone is 1. The van der Waals surface area contributed by atoms with Crippen LogP contribution in [0.4, 0.5) is 0 Å². The van der Waals surface area contributed by atoms with Crippen molar-refractivity contribution in [3.63, 3.8) is 0 Å². The van der Waals surface area contributed by atoms with E-state index in [1.807, 2.05) is 0 Å². The standard InChI is InChI=1S/C6H14.C4H6O/c1-3-5-6-4-2;1-4(2)3-5/h3-6H2,1-2H3;1-2H3. The Morgan fingerprint density at radius 1 is 1.09 bits per heavy atom. The fourth-order valence-corrected chi connectivity index (χ4v) is 0.500. The van der Waals surface area contributed by atoms with Crippen LogP contribution in [0.15, 0.2) is 5.57 Å². The van der Waals surface area contributed by atoms with E-state index in [1.54, 1.807) is 19.8 Å². The molecule has 0 aliphatic rings. The summed E-state index contributed by atoms with van der Waals surface area (Å²) < 4.78 is 0. The monoisotopic (exact) mass is 156 g/mol. The molecule has 1 nitrogen and oxygen atoms in total. The molecule has 0 saturated carbocycles. The topological polar surface area (TPSA) is 17.1 Å². The smallest absolute Gasteiger partial charge is 0.122 e. The Kier molecular flexibility index (Phi) is 14.4. The van der Waals surface area contributed by atoms with Crippen molar-refractivity contribution in [1.29, 1.82) is 0 Å². The van der Waals surface area contributed by atoms with Crippen LogP contribution in [0.25, 0.3) is 0 Å². The summed E-state index contributed by atoms with van der Waals surface area (Å²) in [5.74, 6) is 1.69. The Bertz CT molecular complexity index is 102. The number of hydrogen-bond acceptors (Lipinski definition) is 1. The molecule has 11 heavy (non-hydrogen) atoms. The second-order valence-electron chi connectivity index (χ2n) is 2.81. The molecule has 1 heteroatoms. The molecule has 0 aromatic carbocycles. The highest BCUT2D eigenvalue weighted by Gasteiger charge is 1.75. The minimum atomic E-state index is 0.699. The molecule has 0 aliphatic heterocycles. The highest BCUT2D eigenvalue weighted by Crippen LogP contribution is 1.95. The molecule has 0 aliphatic carbocycles. The second-order valence-corrected chi connectivity index (χ2v) is 2.81. The van der Waals surface area contributed by atoms with Crippen molar-refractivity contribution in [2.45, 2.75) is 53.4 Å². The lowest BCUT2D eigenvalue weighted by molar-refractivity contribution is 0.567. The molecule has 0 fully saturated rings. The maximum atomic E-state index is 9.34. The van der Waals surface area contributed by atoms with Crippen molar-refractivity contribution in [2.24, 2.45) is 0 Å². The first kappa shape index (κ1) is 13.1. The van der Waals surface area contributed by atoms with Gasteiger partial charge >= 0.3 is 0 Å². The van der Waals surface area contributed by atoms with Crippen LogP contribution in [0.2, 0.25) is 0 Å². The molecule has 0 atom stereocenters. The molecule has 0 spiro atoms. The predicted molar refractivity (Wildman–Crippen MR) is 50.4 cm³/mol. The largest absolute Gasteiger partial charge is 0.234 e. The van der Waals surface area contributed by atoms with Gasteiger partial charge in [0, 0.05) is 5.57 Å². The van der Waals surface area contributed by atoms with Gasteiger partial charge in [-0.25, -0.2) is 4.79 Å². The first-order valence-corrected chi connectivity index (χ1v) is 4.37. The third kappa shape index (κ3) is 26.5. The summed E-state index contributed by atoms with van der Waals surface area (Å²) in [6.07, 6.45) is 5.54. The predicted octanol–water partition coefficient (Wildman–Crippen LogP) is 3.37. The molecule has 0 rings (SSSR count). The first-order chi connectivity index (χ1) is 5.18. The quantitative estimate of drug-likeness (QED) is 0.452. The van der Waals surface area contributed by atoms with Gasteiger partial charge in [0.2, 0.25) is 0 Å². The summed E-state index contributed by atoms with van der Waals surface area (Å²) >= 11 is 0. The lowest BCUT2D eigenvalue weighted by Crippen LogP contribution is -1.66. The first-order valence-electron chi connectivity index (χ1n) is 4.37. The average Bonchev–Trinajstić information content (AvgIpc) is 2.02. The zero-order valence-electron chi connectivity index (χ0n) is 8.24. The molecule has 66 valence electrons. The summed E-state index contributed by atoms with van der Waals surface area (Å²) in [5.41, 5.74) is 0.699. The fourth-order valence-electron chi connectivity index (χ4n) is 0.500. The SMILES string of the molecule is CC(C)=C=O.CCCCCC. The Balaban J connectivity index is 0. The Morgan fingerprint density at radius 2 is 1.36 bits per heavy atom. The Labute approximate surface area is 70.5 Å². The van der Waals surface area contributed by atoms with Gasteiger partial charge in [0.05, 0.1) is 0 Å². The van der Waals surface area contributed by atoms with Gasteiger partial charge in [-0.3, -0.25) is 0 Å². The lowest BCUT2D eigenvalue weighted by atomic mass is 10.2. The maximum Gasteiger partial charge on any atom is 0.122 e. The molecule has 0 saturated heterocycles. The molecular formula is C10H20O. The van der Waals surface area contributed by atoms with Crippen molar-refractivity contribution in [2.75, 3.05) is 0 Å². The van der Waals surface area contributed by atoms with Crippen molar-refractivity contribution in [3.8, 4) is 0 Å². The van der Waals surface area contributed by atoms with E-state index in [9.17, 15) is 4.79 Å². The van der Waals surface area contributed by atoms with E-state index < -0.39 is 0 Å². The molecule has 0 aromatic rings.